The van der Waals surface area contributed by atoms with Gasteiger partial charge in [0.1, 0.15) is 34.6 Å². The lowest BCUT2D eigenvalue weighted by atomic mass is 10.2. The number of nitrogens with two attached hydrogens (primary N) is 2. The van der Waals surface area contributed by atoms with Gasteiger partial charge in [-0.2, -0.15) is 0 Å². The molecule has 0 aliphatic carbocycles. The van der Waals surface area contributed by atoms with Gasteiger partial charge in [0, 0.05) is 5.39 Å². The van der Waals surface area contributed by atoms with Gasteiger partial charge >= 0.3 is 0 Å². The van der Waals surface area contributed by atoms with Gasteiger partial charge in [0.05, 0.1) is 12.2 Å². The molecule has 152 valence electrons. The number of rotatable bonds is 6. The van der Waals surface area contributed by atoms with Gasteiger partial charge in [-0.05, 0) is 55.0 Å². The van der Waals surface area contributed by atoms with Crippen LogP contribution < -0.4 is 16.8 Å². The highest BCUT2D eigenvalue weighted by atomic mass is 16.3. The molecule has 8 nitrogen and oxygen atoms in total. The molecule has 0 saturated carbocycles. The van der Waals surface area contributed by atoms with Gasteiger partial charge in [-0.3, -0.25) is 5.41 Å². The van der Waals surface area contributed by atoms with Gasteiger partial charge in [0.15, 0.2) is 0 Å². The third kappa shape index (κ3) is 5.65. The number of anilines is 1. The Morgan fingerprint density at radius 3 is 2.73 bits per heavy atom. The van der Waals surface area contributed by atoms with E-state index < -0.39 is 0 Å². The van der Waals surface area contributed by atoms with Crippen LogP contribution in [0.3, 0.4) is 0 Å². The molecule has 3 aromatic rings. The summed E-state index contributed by atoms with van der Waals surface area (Å²) in [6, 6.07) is 16.5. The van der Waals surface area contributed by atoms with Crippen molar-refractivity contribution in [3.05, 3.63) is 72.3 Å². The lowest BCUT2D eigenvalue weighted by Crippen LogP contribution is -2.24. The van der Waals surface area contributed by atoms with Crippen molar-refractivity contribution in [2.45, 2.75) is 6.92 Å². The number of hydrogen-bond acceptors (Lipinski definition) is 5. The number of aliphatic imine (C=N–C) groups is 2. The summed E-state index contributed by atoms with van der Waals surface area (Å²) in [7, 11) is 0. The number of aromatic hydroxyl groups is 1. The molecule has 0 saturated heterocycles. The van der Waals surface area contributed by atoms with Gasteiger partial charge in [-0.25, -0.2) is 15.0 Å². The number of hydrogen-bond donors (Lipinski definition) is 5. The second-order valence-electron chi connectivity index (χ2n) is 6.60. The first-order valence-electron chi connectivity index (χ1n) is 9.24. The van der Waals surface area contributed by atoms with Crippen molar-refractivity contribution in [3.8, 4) is 5.75 Å². The Labute approximate surface area is 174 Å². The number of pyridine rings is 1. The molecule has 0 unspecified atom stereocenters. The lowest BCUT2D eigenvalue weighted by molar-refractivity contribution is 0.480. The highest BCUT2D eigenvalue weighted by Gasteiger charge is 2.03. The van der Waals surface area contributed by atoms with Gasteiger partial charge in [-0.1, -0.05) is 24.3 Å². The third-order valence-electron chi connectivity index (χ3n) is 4.09. The van der Waals surface area contributed by atoms with Gasteiger partial charge in [0.25, 0.3) is 0 Å². The Bertz CT molecular complexity index is 1170. The van der Waals surface area contributed by atoms with Gasteiger partial charge < -0.3 is 21.9 Å². The molecule has 0 aliphatic heterocycles. The van der Waals surface area contributed by atoms with Crippen LogP contribution in [0.4, 0.5) is 11.5 Å². The van der Waals surface area contributed by atoms with Gasteiger partial charge in [-0.15, -0.1) is 0 Å². The third-order valence-corrected chi connectivity index (χ3v) is 4.09. The number of nitrogens with zero attached hydrogens (tertiary/aromatic N) is 3. The molecule has 0 amide bonds. The van der Waals surface area contributed by atoms with Crippen LogP contribution in [0, 0.1) is 12.3 Å². The van der Waals surface area contributed by atoms with E-state index in [1.807, 2.05) is 43.3 Å². The van der Waals surface area contributed by atoms with E-state index in [2.05, 4.69) is 20.3 Å². The summed E-state index contributed by atoms with van der Waals surface area (Å²) >= 11 is 0. The fourth-order valence-corrected chi connectivity index (χ4v) is 2.69. The van der Waals surface area contributed by atoms with Crippen LogP contribution in [0.15, 0.2) is 76.7 Å². The molecule has 30 heavy (non-hydrogen) atoms. The summed E-state index contributed by atoms with van der Waals surface area (Å²) in [6.07, 6.45) is 2.93. The zero-order valence-electron chi connectivity index (χ0n) is 16.5. The highest BCUT2D eigenvalue weighted by molar-refractivity contribution is 6.05. The quantitative estimate of drug-likeness (QED) is 0.318. The predicted octanol–water partition coefficient (Wildman–Crippen LogP) is 3.24. The molecule has 0 aliphatic rings. The molecule has 0 bridgehead atoms. The van der Waals surface area contributed by atoms with Crippen molar-refractivity contribution in [3.63, 3.8) is 0 Å². The molecule has 1 aromatic heterocycles. The van der Waals surface area contributed by atoms with Crippen LogP contribution in [0.1, 0.15) is 5.56 Å². The SMILES string of the molecule is Cc1cccc(N=C(N)/C=C\C(=N)N=C(N)CNc2ccc3cccc(O)c3n2)c1. The minimum Gasteiger partial charge on any atom is -0.506 e. The maximum absolute atomic E-state index is 9.91. The summed E-state index contributed by atoms with van der Waals surface area (Å²) in [5, 5.41) is 21.7. The Hall–Kier alpha value is -4.20. The van der Waals surface area contributed by atoms with Crippen LogP contribution in [0.25, 0.3) is 10.9 Å². The first-order valence-corrected chi connectivity index (χ1v) is 9.24. The number of aromatic nitrogens is 1. The van der Waals surface area contributed by atoms with Crippen LogP contribution in [0.2, 0.25) is 0 Å². The number of para-hydroxylation sites is 1. The summed E-state index contributed by atoms with van der Waals surface area (Å²) in [5.41, 5.74) is 14.1. The molecule has 0 atom stereocenters. The fourth-order valence-electron chi connectivity index (χ4n) is 2.69. The second kappa shape index (κ2) is 9.33. The summed E-state index contributed by atoms with van der Waals surface area (Å²) < 4.78 is 0. The van der Waals surface area contributed by atoms with E-state index in [4.69, 9.17) is 16.9 Å². The number of aryl methyl sites for hydroxylation is 1. The van der Waals surface area contributed by atoms with Crippen LogP contribution in [-0.2, 0) is 0 Å². The molecule has 0 fully saturated rings. The Morgan fingerprint density at radius 1 is 1.13 bits per heavy atom. The van der Waals surface area contributed by atoms with Gasteiger partial charge in [0.2, 0.25) is 0 Å². The van der Waals surface area contributed by atoms with Crippen molar-refractivity contribution >= 4 is 39.9 Å². The summed E-state index contributed by atoms with van der Waals surface area (Å²) in [5.74, 6) is 1.06. The van der Waals surface area contributed by atoms with E-state index in [-0.39, 0.29) is 29.8 Å². The molecule has 1 heterocycles. The Morgan fingerprint density at radius 2 is 1.93 bits per heavy atom. The molecule has 3 rings (SSSR count). The zero-order valence-corrected chi connectivity index (χ0v) is 16.5. The topological polar surface area (TPSA) is 146 Å². The number of amidine groups is 3. The molecular formula is C22H23N7O. The first-order chi connectivity index (χ1) is 14.4. The van der Waals surface area contributed by atoms with Crippen molar-refractivity contribution in [2.24, 2.45) is 21.5 Å². The molecule has 0 radical (unpaired) electrons. The van der Waals surface area contributed by atoms with Crippen molar-refractivity contribution < 1.29 is 5.11 Å². The Kier molecular flexibility index (Phi) is 6.39. The lowest BCUT2D eigenvalue weighted by Gasteiger charge is -2.07. The number of phenolic OH excluding ortho intramolecular Hbond substituents is 1. The molecule has 7 N–H and O–H groups in total. The minimum absolute atomic E-state index is 0.0548. The van der Waals surface area contributed by atoms with E-state index in [0.717, 1.165) is 16.6 Å². The van der Waals surface area contributed by atoms with Crippen molar-refractivity contribution in [2.75, 3.05) is 11.9 Å². The fraction of sp³-hybridized carbons (Fsp3) is 0.0909. The second-order valence-corrected chi connectivity index (χ2v) is 6.60. The van der Waals surface area contributed by atoms with E-state index in [0.29, 0.717) is 11.3 Å². The Balaban J connectivity index is 1.59. The smallest absolute Gasteiger partial charge is 0.146 e. The standard InChI is InChI=1S/C22H23N7O/c1-14-4-2-6-16(12-14)27-18(23)9-10-19(24)28-20(25)13-26-21-11-8-15-5-3-7-17(30)22(15)29-21/h2-12,30H,13H2,1H3,(H2,23,27)(H,26,29)(H3,24,25,28)/b10-9-. The average molecular weight is 401 g/mol. The largest absolute Gasteiger partial charge is 0.506 e. The normalized spacial score (nSPS) is 12.4. The predicted molar refractivity (Wildman–Crippen MR) is 123 cm³/mol. The number of fused-ring (bicyclic) bond motifs is 1. The molecule has 0 spiro atoms. The van der Waals surface area contributed by atoms with E-state index in [1.165, 1.54) is 12.2 Å². The summed E-state index contributed by atoms with van der Waals surface area (Å²) in [6.45, 7) is 2.16. The molecular weight excluding hydrogens is 378 g/mol. The van der Waals surface area contributed by atoms with E-state index in [9.17, 15) is 5.11 Å². The van der Waals surface area contributed by atoms with Crippen molar-refractivity contribution in [1.82, 2.24) is 4.98 Å². The maximum atomic E-state index is 9.91. The molecule has 8 heteroatoms. The molecule has 2 aromatic carbocycles. The highest BCUT2D eigenvalue weighted by Crippen LogP contribution is 2.23. The first kappa shape index (κ1) is 20.5. The zero-order chi connectivity index (χ0) is 21.5. The van der Waals surface area contributed by atoms with Crippen LogP contribution in [0.5, 0.6) is 5.75 Å². The maximum Gasteiger partial charge on any atom is 0.146 e. The monoisotopic (exact) mass is 401 g/mol. The average Bonchev–Trinajstić information content (AvgIpc) is 2.71. The number of phenols is 1. The van der Waals surface area contributed by atoms with Crippen LogP contribution >= 0.6 is 0 Å². The number of nitrogens with one attached hydrogen (secondary N) is 2. The summed E-state index contributed by atoms with van der Waals surface area (Å²) in [4.78, 5) is 12.6. The minimum atomic E-state index is -0.0548. The van der Waals surface area contributed by atoms with E-state index >= 15 is 0 Å². The number of benzene rings is 2. The van der Waals surface area contributed by atoms with Crippen LogP contribution in [-0.4, -0.2) is 34.1 Å². The van der Waals surface area contributed by atoms with Crippen molar-refractivity contribution in [1.29, 1.82) is 5.41 Å². The van der Waals surface area contributed by atoms with E-state index in [1.54, 1.807) is 18.2 Å².